The van der Waals surface area contributed by atoms with Gasteiger partial charge >= 0.3 is 5.97 Å². The van der Waals surface area contributed by atoms with Crippen molar-refractivity contribution in [3.8, 4) is 10.6 Å². The topological polar surface area (TPSA) is 67.9 Å². The molecular weight excluding hydrogens is 226 g/mol. The molecule has 0 atom stereocenters. The molecule has 2 aromatic rings. The Morgan fingerprint density at radius 2 is 2.31 bits per heavy atom. The summed E-state index contributed by atoms with van der Waals surface area (Å²) in [4.78, 5) is 13.6. The number of aromatic amines is 1. The number of nitrogens with zero attached hydrogens (tertiary/aromatic N) is 2. The number of ether oxygens (including phenoxy) is 1. The van der Waals surface area contributed by atoms with Crippen LogP contribution >= 0.6 is 11.3 Å². The first-order valence-electron chi connectivity index (χ1n) is 4.84. The zero-order valence-corrected chi connectivity index (χ0v) is 9.80. The van der Waals surface area contributed by atoms with Crippen molar-refractivity contribution >= 4 is 17.3 Å². The molecule has 2 heterocycles. The molecule has 0 spiro atoms. The van der Waals surface area contributed by atoms with E-state index in [9.17, 15) is 4.79 Å². The van der Waals surface area contributed by atoms with Gasteiger partial charge in [0.25, 0.3) is 0 Å². The fourth-order valence-electron chi connectivity index (χ4n) is 1.34. The minimum Gasteiger partial charge on any atom is -0.464 e. The molecule has 0 bridgehead atoms. The van der Waals surface area contributed by atoms with Crippen LogP contribution in [0.2, 0.25) is 0 Å². The van der Waals surface area contributed by atoms with E-state index < -0.39 is 5.97 Å². The van der Waals surface area contributed by atoms with Crippen LogP contribution in [-0.4, -0.2) is 28.5 Å². The lowest BCUT2D eigenvalue weighted by molar-refractivity contribution is 0.0595. The monoisotopic (exact) mass is 237 g/mol. The lowest BCUT2D eigenvalue weighted by atomic mass is 10.2. The molecule has 2 rings (SSSR count). The van der Waals surface area contributed by atoms with Crippen molar-refractivity contribution in [2.45, 2.75) is 13.3 Å². The number of carbonyl (C=O) groups is 1. The maximum atomic E-state index is 11.4. The van der Waals surface area contributed by atoms with E-state index in [-0.39, 0.29) is 5.69 Å². The van der Waals surface area contributed by atoms with Gasteiger partial charge in [-0.2, -0.15) is 10.3 Å². The summed E-state index contributed by atoms with van der Waals surface area (Å²) >= 11 is 1.60. The first-order valence-corrected chi connectivity index (χ1v) is 5.66. The quantitative estimate of drug-likeness (QED) is 0.828. The van der Waals surface area contributed by atoms with Crippen LogP contribution in [0.15, 0.2) is 12.1 Å². The van der Waals surface area contributed by atoms with Crippen molar-refractivity contribution < 1.29 is 9.53 Å². The van der Waals surface area contributed by atoms with Gasteiger partial charge in [-0.05, 0) is 18.6 Å². The minimum absolute atomic E-state index is 0.229. The summed E-state index contributed by atoms with van der Waals surface area (Å²) in [6, 6.07) is 3.96. The van der Waals surface area contributed by atoms with Gasteiger partial charge in [-0.25, -0.2) is 4.79 Å². The zero-order chi connectivity index (χ0) is 11.5. The van der Waals surface area contributed by atoms with Gasteiger partial charge in [0.2, 0.25) is 0 Å². The molecule has 16 heavy (non-hydrogen) atoms. The number of hydrogen-bond donors (Lipinski definition) is 1. The van der Waals surface area contributed by atoms with E-state index in [0.29, 0.717) is 5.69 Å². The molecule has 0 aromatic carbocycles. The van der Waals surface area contributed by atoms with Crippen molar-refractivity contribution in [1.82, 2.24) is 15.4 Å². The minimum atomic E-state index is -0.477. The Bertz CT molecular complexity index is 504. The van der Waals surface area contributed by atoms with E-state index in [2.05, 4.69) is 27.1 Å². The smallest absolute Gasteiger partial charge is 0.360 e. The van der Waals surface area contributed by atoms with E-state index in [1.54, 1.807) is 11.3 Å². The first kappa shape index (κ1) is 10.8. The molecule has 0 radical (unpaired) electrons. The van der Waals surface area contributed by atoms with E-state index in [1.165, 1.54) is 12.0 Å². The standard InChI is InChI=1S/C10H11N3O2S/c1-3-6-4-5-7(16-6)8-9(10(14)15-2)12-13-11-8/h4-5H,3H2,1-2H3,(H,11,12,13). The van der Waals surface area contributed by atoms with Crippen molar-refractivity contribution in [3.05, 3.63) is 22.7 Å². The molecule has 2 aromatic heterocycles. The third kappa shape index (κ3) is 1.83. The molecule has 6 heteroatoms. The van der Waals surface area contributed by atoms with Gasteiger partial charge in [0.05, 0.1) is 12.0 Å². The third-order valence-corrected chi connectivity index (χ3v) is 3.41. The Hall–Kier alpha value is -1.69. The van der Waals surface area contributed by atoms with Gasteiger partial charge in [0.1, 0.15) is 5.69 Å². The van der Waals surface area contributed by atoms with Gasteiger partial charge in [-0.1, -0.05) is 6.92 Å². The fraction of sp³-hybridized carbons (Fsp3) is 0.300. The Kier molecular flexibility index (Phi) is 3.00. The van der Waals surface area contributed by atoms with Gasteiger partial charge in [0.15, 0.2) is 5.69 Å². The molecule has 0 amide bonds. The maximum absolute atomic E-state index is 11.4. The number of nitrogens with one attached hydrogen (secondary N) is 1. The number of rotatable bonds is 3. The average molecular weight is 237 g/mol. The highest BCUT2D eigenvalue weighted by Crippen LogP contribution is 2.28. The third-order valence-electron chi connectivity index (χ3n) is 2.17. The largest absolute Gasteiger partial charge is 0.464 e. The van der Waals surface area contributed by atoms with Crippen molar-refractivity contribution in [1.29, 1.82) is 0 Å². The average Bonchev–Trinajstić information content (AvgIpc) is 2.95. The Morgan fingerprint density at radius 1 is 1.50 bits per heavy atom. The van der Waals surface area contributed by atoms with Crippen molar-refractivity contribution in [2.24, 2.45) is 0 Å². The maximum Gasteiger partial charge on any atom is 0.360 e. The van der Waals surface area contributed by atoms with E-state index in [0.717, 1.165) is 11.3 Å². The molecule has 0 aliphatic rings. The summed E-state index contributed by atoms with van der Waals surface area (Å²) in [5, 5.41) is 10.2. The summed E-state index contributed by atoms with van der Waals surface area (Å²) in [6.07, 6.45) is 0.968. The van der Waals surface area contributed by atoms with Gasteiger partial charge in [-0.3, -0.25) is 0 Å². The van der Waals surface area contributed by atoms with Crippen LogP contribution in [-0.2, 0) is 11.2 Å². The van der Waals surface area contributed by atoms with Crippen LogP contribution in [0.4, 0.5) is 0 Å². The SMILES string of the molecule is CCc1ccc(-c2n[nH]nc2C(=O)OC)s1. The highest BCUT2D eigenvalue weighted by molar-refractivity contribution is 7.15. The molecule has 84 valence electrons. The number of esters is 1. The zero-order valence-electron chi connectivity index (χ0n) is 8.98. The number of carbonyl (C=O) groups excluding carboxylic acids is 1. The van der Waals surface area contributed by atoms with Gasteiger partial charge in [0, 0.05) is 4.88 Å². The summed E-state index contributed by atoms with van der Waals surface area (Å²) < 4.78 is 4.63. The summed E-state index contributed by atoms with van der Waals surface area (Å²) in [5.41, 5.74) is 0.781. The molecule has 0 fully saturated rings. The normalized spacial score (nSPS) is 10.4. The lowest BCUT2D eigenvalue weighted by Crippen LogP contribution is -2.03. The number of hydrogen-bond acceptors (Lipinski definition) is 5. The molecule has 0 saturated carbocycles. The molecule has 0 aliphatic heterocycles. The summed E-state index contributed by atoms with van der Waals surface area (Å²) in [5.74, 6) is -0.477. The fourth-order valence-corrected chi connectivity index (χ4v) is 2.27. The number of aryl methyl sites for hydroxylation is 1. The van der Waals surface area contributed by atoms with E-state index >= 15 is 0 Å². The number of H-pyrrole nitrogens is 1. The molecule has 0 aliphatic carbocycles. The van der Waals surface area contributed by atoms with Crippen molar-refractivity contribution in [2.75, 3.05) is 7.11 Å². The lowest BCUT2D eigenvalue weighted by Gasteiger charge is -1.95. The Labute approximate surface area is 96.4 Å². The van der Waals surface area contributed by atoms with Crippen molar-refractivity contribution in [3.63, 3.8) is 0 Å². The predicted molar refractivity (Wildman–Crippen MR) is 60.4 cm³/mol. The summed E-state index contributed by atoms with van der Waals surface area (Å²) in [7, 11) is 1.33. The predicted octanol–water partition coefficient (Wildman–Crippen LogP) is 1.88. The summed E-state index contributed by atoms with van der Waals surface area (Å²) in [6.45, 7) is 2.08. The van der Waals surface area contributed by atoms with Crippen LogP contribution in [0.5, 0.6) is 0 Å². The Balaban J connectivity index is 2.40. The van der Waals surface area contributed by atoms with Crippen LogP contribution in [0, 0.1) is 0 Å². The van der Waals surface area contributed by atoms with E-state index in [4.69, 9.17) is 0 Å². The molecule has 5 nitrogen and oxygen atoms in total. The molecule has 0 saturated heterocycles. The van der Waals surface area contributed by atoms with Gasteiger partial charge < -0.3 is 4.74 Å². The van der Waals surface area contributed by atoms with Crippen LogP contribution in [0.25, 0.3) is 10.6 Å². The van der Waals surface area contributed by atoms with Crippen LogP contribution < -0.4 is 0 Å². The second-order valence-corrected chi connectivity index (χ2v) is 4.30. The van der Waals surface area contributed by atoms with Crippen LogP contribution in [0.1, 0.15) is 22.3 Å². The Morgan fingerprint density at radius 3 is 2.94 bits per heavy atom. The second-order valence-electron chi connectivity index (χ2n) is 3.13. The van der Waals surface area contributed by atoms with Crippen LogP contribution in [0.3, 0.4) is 0 Å². The second kappa shape index (κ2) is 4.44. The number of methoxy groups -OCH3 is 1. The van der Waals surface area contributed by atoms with E-state index in [1.807, 2.05) is 12.1 Å². The highest BCUT2D eigenvalue weighted by Gasteiger charge is 2.19. The van der Waals surface area contributed by atoms with Gasteiger partial charge in [-0.15, -0.1) is 16.4 Å². The first-order chi connectivity index (χ1) is 7.76. The molecule has 0 unspecified atom stereocenters. The number of aromatic nitrogens is 3. The molecule has 1 N–H and O–H groups in total. The highest BCUT2D eigenvalue weighted by atomic mass is 32.1. The number of thiophene rings is 1. The molecular formula is C10H11N3O2S.